The predicted octanol–water partition coefficient (Wildman–Crippen LogP) is 3.26. The van der Waals surface area contributed by atoms with Crippen molar-refractivity contribution in [2.45, 2.75) is 73.4 Å². The van der Waals surface area contributed by atoms with Gasteiger partial charge >= 0.3 is 0 Å². The van der Waals surface area contributed by atoms with Crippen LogP contribution in [0.25, 0.3) is 0 Å². The fraction of sp³-hybridized carbons (Fsp3) is 0.778. The fourth-order valence-corrected chi connectivity index (χ4v) is 2.67. The molecule has 1 rings (SSSR count). The van der Waals surface area contributed by atoms with Crippen LogP contribution < -0.4 is 11.1 Å². The molecule has 1 aromatic rings. The minimum atomic E-state index is 0.379. The average Bonchev–Trinajstić information content (AvgIpc) is 2.74. The van der Waals surface area contributed by atoms with Crippen LogP contribution in [-0.4, -0.2) is 28.3 Å². The maximum Gasteiger partial charge on any atom is 0.188 e. The number of aromatic nitrogens is 2. The van der Waals surface area contributed by atoms with E-state index in [1.807, 2.05) is 11.6 Å². The Morgan fingerprint density at radius 1 is 1.26 bits per heavy atom. The number of hydrogen-bond donors (Lipinski definition) is 2. The Hall–Kier alpha value is -1.52. The third-order valence-corrected chi connectivity index (χ3v) is 3.97. The monoisotopic (exact) mass is 321 g/mol. The number of guanidine groups is 1. The Morgan fingerprint density at radius 3 is 2.52 bits per heavy atom. The maximum atomic E-state index is 6.00. The first-order valence-corrected chi connectivity index (χ1v) is 8.85. The molecule has 0 radical (unpaired) electrons. The molecule has 2 atom stereocenters. The molecule has 0 saturated carbocycles. The third-order valence-electron chi connectivity index (χ3n) is 3.97. The van der Waals surface area contributed by atoms with Gasteiger partial charge in [0, 0.05) is 24.8 Å². The van der Waals surface area contributed by atoms with Gasteiger partial charge in [0.05, 0.1) is 5.69 Å². The lowest BCUT2D eigenvalue weighted by atomic mass is 10.0. The molecule has 0 saturated heterocycles. The molecule has 0 spiro atoms. The Balaban J connectivity index is 2.33. The van der Waals surface area contributed by atoms with E-state index < -0.39 is 0 Å². The van der Waals surface area contributed by atoms with Gasteiger partial charge in [0.25, 0.3) is 0 Å². The van der Waals surface area contributed by atoms with Crippen LogP contribution in [0.2, 0.25) is 0 Å². The van der Waals surface area contributed by atoms with Crippen LogP contribution in [0.5, 0.6) is 0 Å². The molecule has 23 heavy (non-hydrogen) atoms. The van der Waals surface area contributed by atoms with E-state index in [2.05, 4.69) is 56.1 Å². The number of rotatable bonds is 9. The van der Waals surface area contributed by atoms with Crippen molar-refractivity contribution in [3.8, 4) is 0 Å². The minimum absolute atomic E-state index is 0.379. The Kier molecular flexibility index (Phi) is 8.13. The summed E-state index contributed by atoms with van der Waals surface area (Å²) in [6, 6.07) is 2.48. The van der Waals surface area contributed by atoms with E-state index in [0.717, 1.165) is 31.1 Å². The highest BCUT2D eigenvalue weighted by Gasteiger charge is 2.08. The molecule has 0 fully saturated rings. The summed E-state index contributed by atoms with van der Waals surface area (Å²) < 4.78 is 2.05. The zero-order valence-corrected chi connectivity index (χ0v) is 15.8. The van der Waals surface area contributed by atoms with Crippen molar-refractivity contribution in [3.05, 3.63) is 17.5 Å². The zero-order chi connectivity index (χ0) is 17.4. The average molecular weight is 322 g/mol. The molecule has 0 aliphatic heterocycles. The van der Waals surface area contributed by atoms with Crippen molar-refractivity contribution in [2.24, 2.45) is 22.6 Å². The van der Waals surface area contributed by atoms with Crippen LogP contribution in [0.15, 0.2) is 11.1 Å². The largest absolute Gasteiger partial charge is 0.370 e. The van der Waals surface area contributed by atoms with Gasteiger partial charge in [-0.15, -0.1) is 0 Å². The van der Waals surface area contributed by atoms with Crippen LogP contribution in [-0.2, 0) is 6.54 Å². The lowest BCUT2D eigenvalue weighted by Gasteiger charge is -2.16. The number of nitrogens with zero attached hydrogens (tertiary/aromatic N) is 3. The van der Waals surface area contributed by atoms with Crippen molar-refractivity contribution in [1.82, 2.24) is 15.1 Å². The van der Waals surface area contributed by atoms with Crippen molar-refractivity contribution in [3.63, 3.8) is 0 Å². The van der Waals surface area contributed by atoms with Gasteiger partial charge in [-0.1, -0.05) is 33.6 Å². The number of aliphatic imine (C=N–C) groups is 1. The van der Waals surface area contributed by atoms with E-state index in [-0.39, 0.29) is 0 Å². The lowest BCUT2D eigenvalue weighted by Crippen LogP contribution is -2.38. The molecule has 0 aliphatic rings. The molecular formula is C18H35N5. The highest BCUT2D eigenvalue weighted by molar-refractivity contribution is 5.78. The van der Waals surface area contributed by atoms with E-state index in [4.69, 9.17) is 5.73 Å². The summed E-state index contributed by atoms with van der Waals surface area (Å²) in [4.78, 5) is 4.48. The summed E-state index contributed by atoms with van der Waals surface area (Å²) in [6.07, 6.45) is 3.63. The van der Waals surface area contributed by atoms with Crippen molar-refractivity contribution in [1.29, 1.82) is 0 Å². The lowest BCUT2D eigenvalue weighted by molar-refractivity contribution is 0.449. The molecule has 5 heteroatoms. The molecule has 0 amide bonds. The smallest absolute Gasteiger partial charge is 0.188 e. The highest BCUT2D eigenvalue weighted by Crippen LogP contribution is 2.08. The van der Waals surface area contributed by atoms with Gasteiger partial charge in [0.2, 0.25) is 0 Å². The summed E-state index contributed by atoms with van der Waals surface area (Å²) in [6.45, 7) is 14.6. The van der Waals surface area contributed by atoms with Crippen LogP contribution in [0.1, 0.15) is 58.3 Å². The van der Waals surface area contributed by atoms with Gasteiger partial charge in [0.1, 0.15) is 0 Å². The molecule has 5 nitrogen and oxygen atoms in total. The van der Waals surface area contributed by atoms with Gasteiger partial charge in [-0.25, -0.2) is 0 Å². The summed E-state index contributed by atoms with van der Waals surface area (Å²) in [5.74, 6) is 1.73. The van der Waals surface area contributed by atoms with E-state index in [1.165, 1.54) is 18.5 Å². The second kappa shape index (κ2) is 9.58. The normalized spacial score (nSPS) is 15.0. The predicted molar refractivity (Wildman–Crippen MR) is 98.6 cm³/mol. The van der Waals surface area contributed by atoms with Gasteiger partial charge in [-0.2, -0.15) is 5.10 Å². The van der Waals surface area contributed by atoms with E-state index >= 15 is 0 Å². The van der Waals surface area contributed by atoms with E-state index in [0.29, 0.717) is 17.9 Å². The second-order valence-electron chi connectivity index (χ2n) is 7.31. The van der Waals surface area contributed by atoms with E-state index in [9.17, 15) is 0 Å². The Morgan fingerprint density at radius 2 is 1.96 bits per heavy atom. The first-order chi connectivity index (χ1) is 10.8. The van der Waals surface area contributed by atoms with Crippen LogP contribution in [0, 0.1) is 25.7 Å². The number of hydrogen-bond acceptors (Lipinski definition) is 2. The Labute approximate surface area is 141 Å². The van der Waals surface area contributed by atoms with Gasteiger partial charge in [-0.3, -0.25) is 9.67 Å². The Bertz CT molecular complexity index is 490. The summed E-state index contributed by atoms with van der Waals surface area (Å²) in [5.41, 5.74) is 8.26. The third kappa shape index (κ3) is 8.05. The molecule has 0 aromatic carbocycles. The quantitative estimate of drug-likeness (QED) is 0.542. The van der Waals surface area contributed by atoms with Gasteiger partial charge in [0.15, 0.2) is 5.96 Å². The maximum absolute atomic E-state index is 6.00. The van der Waals surface area contributed by atoms with Crippen LogP contribution in [0.3, 0.4) is 0 Å². The van der Waals surface area contributed by atoms with E-state index in [1.54, 1.807) is 0 Å². The van der Waals surface area contributed by atoms with Gasteiger partial charge < -0.3 is 11.1 Å². The molecule has 0 bridgehead atoms. The van der Waals surface area contributed by atoms with Crippen molar-refractivity contribution < 1.29 is 0 Å². The molecule has 1 heterocycles. The first kappa shape index (κ1) is 19.5. The second-order valence-corrected chi connectivity index (χ2v) is 7.31. The zero-order valence-electron chi connectivity index (χ0n) is 15.8. The molecule has 2 unspecified atom stereocenters. The number of nitrogens with one attached hydrogen (secondary N) is 1. The van der Waals surface area contributed by atoms with Crippen LogP contribution in [0.4, 0.5) is 0 Å². The molecule has 3 N–H and O–H groups in total. The van der Waals surface area contributed by atoms with Crippen LogP contribution >= 0.6 is 0 Å². The molecule has 0 aliphatic carbocycles. The summed E-state index contributed by atoms with van der Waals surface area (Å²) in [5, 5.41) is 7.79. The number of aryl methyl sites for hydroxylation is 2. The van der Waals surface area contributed by atoms with Crippen molar-refractivity contribution >= 4 is 5.96 Å². The van der Waals surface area contributed by atoms with Gasteiger partial charge in [-0.05, 0) is 45.1 Å². The molecule has 1 aromatic heterocycles. The topological polar surface area (TPSA) is 68.2 Å². The number of nitrogens with two attached hydrogens (primary N) is 1. The minimum Gasteiger partial charge on any atom is -0.370 e. The highest BCUT2D eigenvalue weighted by atomic mass is 15.3. The standard InChI is InChI=1S/C18H35N5/c1-13(2)8-7-9-15(4)21-18(19)20-11-14(3)12-23-17(6)10-16(5)22-23/h10,13-15H,7-9,11-12H2,1-6H3,(H3,19,20,21). The summed E-state index contributed by atoms with van der Waals surface area (Å²) >= 11 is 0. The SMILES string of the molecule is Cc1cc(C)n(CC(C)CN=C(N)NC(C)CCCC(C)C)n1. The molecule has 132 valence electrons. The fourth-order valence-electron chi connectivity index (χ4n) is 2.67. The summed E-state index contributed by atoms with van der Waals surface area (Å²) in [7, 11) is 0. The molecular weight excluding hydrogens is 286 g/mol. The van der Waals surface area contributed by atoms with Crippen molar-refractivity contribution in [2.75, 3.05) is 6.54 Å². The first-order valence-electron chi connectivity index (χ1n) is 8.85.